The average molecular weight is 349 g/mol. The van der Waals surface area contributed by atoms with Crippen molar-refractivity contribution in [1.82, 2.24) is 9.88 Å². The summed E-state index contributed by atoms with van der Waals surface area (Å²) in [4.78, 5) is 22.2. The molecule has 2 fully saturated rings. The first-order valence-corrected chi connectivity index (χ1v) is 9.81. The Morgan fingerprint density at radius 3 is 2.54 bits per heavy atom. The number of amides is 1. The minimum atomic E-state index is 0.130. The minimum Gasteiger partial charge on any atom is -0.356 e. The molecule has 1 atom stereocenters. The summed E-state index contributed by atoms with van der Waals surface area (Å²) >= 11 is 0. The number of hydrogen-bond donors (Lipinski definition) is 0. The molecule has 1 aromatic carbocycles. The van der Waals surface area contributed by atoms with Crippen LogP contribution in [0.2, 0.25) is 0 Å². The van der Waals surface area contributed by atoms with Crippen molar-refractivity contribution in [3.05, 3.63) is 59.3 Å². The third-order valence-electron chi connectivity index (χ3n) is 5.65. The molecule has 4 rings (SSSR count). The molecule has 1 unspecified atom stereocenters. The number of aromatic nitrogens is 1. The van der Waals surface area contributed by atoms with Gasteiger partial charge in [-0.3, -0.25) is 4.79 Å². The number of piperidine rings is 1. The molecular weight excluding hydrogens is 322 g/mol. The summed E-state index contributed by atoms with van der Waals surface area (Å²) in [5.41, 5.74) is 3.17. The van der Waals surface area contributed by atoms with Crippen molar-refractivity contribution in [3.8, 4) is 0 Å². The average Bonchev–Trinajstić information content (AvgIpc) is 3.18. The number of pyridine rings is 1. The summed E-state index contributed by atoms with van der Waals surface area (Å²) in [5.74, 6) is 1.25. The molecule has 0 radical (unpaired) electrons. The van der Waals surface area contributed by atoms with Crippen molar-refractivity contribution in [1.29, 1.82) is 0 Å². The topological polar surface area (TPSA) is 36.4 Å². The molecule has 4 heteroatoms. The zero-order valence-corrected chi connectivity index (χ0v) is 15.5. The molecule has 1 aromatic heterocycles. The van der Waals surface area contributed by atoms with E-state index in [0.29, 0.717) is 0 Å². The first-order chi connectivity index (χ1) is 12.7. The van der Waals surface area contributed by atoms with Crippen LogP contribution in [0.1, 0.15) is 59.6 Å². The molecule has 0 spiro atoms. The summed E-state index contributed by atoms with van der Waals surface area (Å²) in [6, 6.07) is 12.0. The van der Waals surface area contributed by atoms with E-state index in [1.165, 1.54) is 30.4 Å². The van der Waals surface area contributed by atoms with Crippen LogP contribution in [0.5, 0.6) is 0 Å². The lowest BCUT2D eigenvalue weighted by Gasteiger charge is -2.30. The van der Waals surface area contributed by atoms with E-state index in [0.717, 1.165) is 43.9 Å². The molecule has 2 saturated heterocycles. The Morgan fingerprint density at radius 1 is 1.04 bits per heavy atom. The highest BCUT2D eigenvalue weighted by atomic mass is 16.2. The van der Waals surface area contributed by atoms with Crippen molar-refractivity contribution in [2.24, 2.45) is 0 Å². The molecule has 2 aliphatic heterocycles. The third-order valence-corrected chi connectivity index (χ3v) is 5.65. The minimum absolute atomic E-state index is 0.130. The van der Waals surface area contributed by atoms with Gasteiger partial charge in [0.15, 0.2) is 0 Å². The maximum Gasteiger partial charge on any atom is 0.254 e. The van der Waals surface area contributed by atoms with Crippen LogP contribution >= 0.6 is 0 Å². The highest BCUT2D eigenvalue weighted by Gasteiger charge is 2.31. The number of carbonyl (C=O) groups excluding carboxylic acids is 1. The quantitative estimate of drug-likeness (QED) is 0.826. The summed E-state index contributed by atoms with van der Waals surface area (Å²) in [6.07, 6.45) is 7.90. The van der Waals surface area contributed by atoms with Crippen molar-refractivity contribution < 1.29 is 4.79 Å². The third kappa shape index (κ3) is 3.33. The lowest BCUT2D eigenvalue weighted by molar-refractivity contribution is 0.0735. The Labute approximate surface area is 155 Å². The van der Waals surface area contributed by atoms with Crippen LogP contribution in [-0.2, 0) is 0 Å². The van der Waals surface area contributed by atoms with Crippen LogP contribution in [-0.4, -0.2) is 35.4 Å². The predicted molar refractivity (Wildman–Crippen MR) is 104 cm³/mol. The molecule has 0 N–H and O–H groups in total. The van der Waals surface area contributed by atoms with E-state index in [4.69, 9.17) is 4.98 Å². The van der Waals surface area contributed by atoms with Gasteiger partial charge < -0.3 is 9.80 Å². The zero-order chi connectivity index (χ0) is 17.9. The second-order valence-corrected chi connectivity index (χ2v) is 7.48. The number of aryl methyl sites for hydroxylation is 1. The van der Waals surface area contributed by atoms with E-state index >= 15 is 0 Å². The van der Waals surface area contributed by atoms with Crippen molar-refractivity contribution in [3.63, 3.8) is 0 Å². The fourth-order valence-corrected chi connectivity index (χ4v) is 4.31. The van der Waals surface area contributed by atoms with E-state index in [9.17, 15) is 4.79 Å². The highest BCUT2D eigenvalue weighted by Crippen LogP contribution is 2.34. The van der Waals surface area contributed by atoms with Gasteiger partial charge in [-0.05, 0) is 68.4 Å². The van der Waals surface area contributed by atoms with Gasteiger partial charge in [-0.25, -0.2) is 4.98 Å². The molecule has 2 aromatic rings. The van der Waals surface area contributed by atoms with Gasteiger partial charge in [0.2, 0.25) is 0 Å². The molecule has 3 heterocycles. The van der Waals surface area contributed by atoms with Gasteiger partial charge in [0.25, 0.3) is 5.91 Å². The Hall–Kier alpha value is -2.36. The van der Waals surface area contributed by atoms with E-state index in [-0.39, 0.29) is 11.9 Å². The van der Waals surface area contributed by atoms with Crippen molar-refractivity contribution >= 4 is 11.7 Å². The van der Waals surface area contributed by atoms with E-state index in [1.807, 2.05) is 41.4 Å². The maximum absolute atomic E-state index is 12.9. The number of benzene rings is 1. The molecule has 4 nitrogen and oxygen atoms in total. The molecule has 26 heavy (non-hydrogen) atoms. The van der Waals surface area contributed by atoms with Crippen molar-refractivity contribution in [2.75, 3.05) is 24.5 Å². The number of nitrogens with zero attached hydrogens (tertiary/aromatic N) is 3. The van der Waals surface area contributed by atoms with E-state index in [2.05, 4.69) is 17.9 Å². The SMILES string of the molecule is Cc1cc(C2CCCN2C(=O)c2ccccc2)cnc1N1CCCCC1. The summed E-state index contributed by atoms with van der Waals surface area (Å²) < 4.78 is 0. The van der Waals surface area contributed by atoms with Gasteiger partial charge in [-0.15, -0.1) is 0 Å². The van der Waals surface area contributed by atoms with Gasteiger partial charge in [-0.2, -0.15) is 0 Å². The van der Waals surface area contributed by atoms with Gasteiger partial charge in [-0.1, -0.05) is 18.2 Å². The van der Waals surface area contributed by atoms with Crippen LogP contribution in [0.25, 0.3) is 0 Å². The van der Waals surface area contributed by atoms with Crippen molar-refractivity contribution in [2.45, 2.75) is 45.1 Å². The van der Waals surface area contributed by atoms with Crippen LogP contribution in [0.3, 0.4) is 0 Å². The fourth-order valence-electron chi connectivity index (χ4n) is 4.31. The standard InChI is InChI=1S/C22H27N3O/c1-17-15-19(16-23-21(17)24-12-6-3-7-13-24)20-11-8-14-25(20)22(26)18-9-4-2-5-10-18/h2,4-5,9-10,15-16,20H,3,6-8,11-14H2,1H3. The number of likely N-dealkylation sites (tertiary alicyclic amines) is 1. The molecule has 136 valence electrons. The Bertz CT molecular complexity index is 768. The Kier molecular flexibility index (Phi) is 4.91. The van der Waals surface area contributed by atoms with Crippen LogP contribution in [0, 0.1) is 6.92 Å². The molecule has 0 bridgehead atoms. The van der Waals surface area contributed by atoms with Gasteiger partial charge in [0, 0.05) is 31.4 Å². The second-order valence-electron chi connectivity index (χ2n) is 7.48. The Balaban J connectivity index is 1.56. The summed E-state index contributed by atoms with van der Waals surface area (Å²) in [6.45, 7) is 5.19. The van der Waals surface area contributed by atoms with E-state index in [1.54, 1.807) is 0 Å². The molecule has 0 aliphatic carbocycles. The van der Waals surface area contributed by atoms with Gasteiger partial charge >= 0.3 is 0 Å². The van der Waals surface area contributed by atoms with Crippen LogP contribution in [0.4, 0.5) is 5.82 Å². The molecular formula is C22H27N3O. The van der Waals surface area contributed by atoms with Crippen LogP contribution in [0.15, 0.2) is 42.6 Å². The predicted octanol–water partition coefficient (Wildman–Crippen LogP) is 4.36. The number of anilines is 1. The highest BCUT2D eigenvalue weighted by molar-refractivity contribution is 5.94. The van der Waals surface area contributed by atoms with Gasteiger partial charge in [0.05, 0.1) is 6.04 Å². The summed E-state index contributed by atoms with van der Waals surface area (Å²) in [5, 5.41) is 0. The first-order valence-electron chi connectivity index (χ1n) is 9.81. The fraction of sp³-hybridized carbons (Fsp3) is 0.455. The normalized spacial score (nSPS) is 20.4. The molecule has 0 saturated carbocycles. The largest absolute Gasteiger partial charge is 0.356 e. The lowest BCUT2D eigenvalue weighted by atomic mass is 10.0. The second kappa shape index (κ2) is 7.48. The number of carbonyl (C=O) groups is 1. The van der Waals surface area contributed by atoms with Gasteiger partial charge in [0.1, 0.15) is 5.82 Å². The maximum atomic E-state index is 12.9. The summed E-state index contributed by atoms with van der Waals surface area (Å²) in [7, 11) is 0. The van der Waals surface area contributed by atoms with Crippen LogP contribution < -0.4 is 4.90 Å². The monoisotopic (exact) mass is 349 g/mol. The zero-order valence-electron chi connectivity index (χ0n) is 15.5. The number of hydrogen-bond acceptors (Lipinski definition) is 3. The first kappa shape index (κ1) is 17.1. The lowest BCUT2D eigenvalue weighted by Crippen LogP contribution is -2.32. The Morgan fingerprint density at radius 2 is 1.81 bits per heavy atom. The van der Waals surface area contributed by atoms with E-state index < -0.39 is 0 Å². The smallest absolute Gasteiger partial charge is 0.254 e. The molecule has 1 amide bonds. The molecule has 2 aliphatic rings. The number of rotatable bonds is 3.